The van der Waals surface area contributed by atoms with Gasteiger partial charge in [-0.3, -0.25) is 9.48 Å². The molecule has 3 N–H and O–H groups in total. The first-order chi connectivity index (χ1) is 9.52. The van der Waals surface area contributed by atoms with Crippen LogP contribution in [-0.2, 0) is 18.3 Å². The van der Waals surface area contributed by atoms with Crippen LogP contribution < -0.4 is 11.1 Å². The summed E-state index contributed by atoms with van der Waals surface area (Å²) in [5.74, 6) is -0.220. The van der Waals surface area contributed by atoms with Crippen molar-refractivity contribution in [2.24, 2.45) is 12.8 Å². The number of nitrogens with one attached hydrogen (secondary N) is 1. The van der Waals surface area contributed by atoms with Gasteiger partial charge in [0.05, 0.1) is 6.20 Å². The first-order valence-electron chi connectivity index (χ1n) is 6.66. The predicted molar refractivity (Wildman–Crippen MR) is 79.3 cm³/mol. The van der Waals surface area contributed by atoms with Crippen LogP contribution in [0.4, 0.5) is 5.69 Å². The van der Waals surface area contributed by atoms with Gasteiger partial charge in [-0.1, -0.05) is 25.1 Å². The van der Waals surface area contributed by atoms with Gasteiger partial charge in [0.25, 0.3) is 0 Å². The van der Waals surface area contributed by atoms with Crippen LogP contribution in [0.1, 0.15) is 29.7 Å². The second-order valence-corrected chi connectivity index (χ2v) is 4.88. The maximum Gasteiger partial charge on any atom is 0.246 e. The zero-order valence-electron chi connectivity index (χ0n) is 12.1. The largest absolute Gasteiger partial charge is 0.324 e. The molecule has 2 rings (SSSR count). The highest BCUT2D eigenvalue weighted by Crippen LogP contribution is 2.22. The summed E-state index contributed by atoms with van der Waals surface area (Å²) >= 11 is 0. The maximum absolute atomic E-state index is 12.3. The number of nitrogens with two attached hydrogens (primary N) is 1. The molecule has 20 heavy (non-hydrogen) atoms. The van der Waals surface area contributed by atoms with Gasteiger partial charge in [0, 0.05) is 24.5 Å². The minimum Gasteiger partial charge on any atom is -0.324 e. The summed E-state index contributed by atoms with van der Waals surface area (Å²) in [5.41, 5.74) is 9.69. The second-order valence-electron chi connectivity index (χ2n) is 4.88. The molecule has 1 aromatic heterocycles. The molecule has 5 nitrogen and oxygen atoms in total. The quantitative estimate of drug-likeness (QED) is 0.893. The first-order valence-corrected chi connectivity index (χ1v) is 6.66. The molecule has 0 spiro atoms. The Morgan fingerprint density at radius 2 is 2.25 bits per heavy atom. The van der Waals surface area contributed by atoms with E-state index in [1.165, 1.54) is 0 Å². The third-order valence-corrected chi connectivity index (χ3v) is 3.35. The number of benzene rings is 1. The van der Waals surface area contributed by atoms with Crippen molar-refractivity contribution in [1.29, 1.82) is 0 Å². The predicted octanol–water partition coefficient (Wildman–Crippen LogP) is 1.93. The fourth-order valence-electron chi connectivity index (χ4n) is 2.16. The lowest BCUT2D eigenvalue weighted by Gasteiger charge is -2.15. The van der Waals surface area contributed by atoms with Gasteiger partial charge in [-0.15, -0.1) is 0 Å². The highest BCUT2D eigenvalue weighted by molar-refractivity contribution is 5.96. The number of aryl methyl sites for hydroxylation is 3. The molecule has 0 aliphatic carbocycles. The van der Waals surface area contributed by atoms with E-state index in [4.69, 9.17) is 5.73 Å². The molecule has 5 heteroatoms. The number of anilines is 1. The lowest BCUT2D eigenvalue weighted by molar-refractivity contribution is -0.117. The van der Waals surface area contributed by atoms with Gasteiger partial charge in [0.2, 0.25) is 5.91 Å². The third-order valence-electron chi connectivity index (χ3n) is 3.35. The minimum atomic E-state index is -0.715. The van der Waals surface area contributed by atoms with Gasteiger partial charge in [-0.05, 0) is 24.5 Å². The Hall–Kier alpha value is -2.14. The smallest absolute Gasteiger partial charge is 0.246 e. The normalized spacial score (nSPS) is 12.2. The molecule has 0 aliphatic heterocycles. The Bertz CT molecular complexity index is 618. The van der Waals surface area contributed by atoms with Gasteiger partial charge in [-0.25, -0.2) is 0 Å². The molecule has 1 unspecified atom stereocenters. The van der Waals surface area contributed by atoms with Crippen molar-refractivity contribution < 1.29 is 4.79 Å². The number of para-hydroxylation sites is 1. The molecule has 0 fully saturated rings. The average Bonchev–Trinajstić information content (AvgIpc) is 2.86. The Kier molecular flexibility index (Phi) is 4.20. The van der Waals surface area contributed by atoms with Crippen LogP contribution in [-0.4, -0.2) is 15.7 Å². The molecule has 0 bridgehead atoms. The van der Waals surface area contributed by atoms with Gasteiger partial charge in [0.1, 0.15) is 6.04 Å². The number of amides is 1. The monoisotopic (exact) mass is 272 g/mol. The van der Waals surface area contributed by atoms with E-state index in [2.05, 4.69) is 17.3 Å². The molecule has 1 amide bonds. The van der Waals surface area contributed by atoms with Gasteiger partial charge >= 0.3 is 0 Å². The van der Waals surface area contributed by atoms with Gasteiger partial charge in [-0.2, -0.15) is 5.10 Å². The van der Waals surface area contributed by atoms with Crippen molar-refractivity contribution in [2.45, 2.75) is 26.3 Å². The van der Waals surface area contributed by atoms with E-state index in [-0.39, 0.29) is 5.91 Å². The Morgan fingerprint density at radius 1 is 1.50 bits per heavy atom. The molecular formula is C15H20N4O. The Labute approximate surface area is 118 Å². The minimum absolute atomic E-state index is 0.220. The maximum atomic E-state index is 12.3. The van der Waals surface area contributed by atoms with E-state index >= 15 is 0 Å². The highest BCUT2D eigenvalue weighted by Gasteiger charge is 2.19. The van der Waals surface area contributed by atoms with Crippen LogP contribution in [0.5, 0.6) is 0 Å². The van der Waals surface area contributed by atoms with Crippen molar-refractivity contribution in [3.05, 3.63) is 47.3 Å². The van der Waals surface area contributed by atoms with Gasteiger partial charge < -0.3 is 11.1 Å². The molecule has 0 radical (unpaired) electrons. The SMILES string of the molecule is CCc1cccc(C)c1NC(=O)C(N)c1cnn(C)c1. The summed E-state index contributed by atoms with van der Waals surface area (Å²) < 4.78 is 1.63. The van der Waals surface area contributed by atoms with E-state index in [0.717, 1.165) is 23.2 Å². The second kappa shape index (κ2) is 5.88. The van der Waals surface area contributed by atoms with E-state index in [0.29, 0.717) is 5.56 Å². The number of hydrogen-bond donors (Lipinski definition) is 2. The molecule has 1 atom stereocenters. The Morgan fingerprint density at radius 3 is 2.85 bits per heavy atom. The molecular weight excluding hydrogens is 252 g/mol. The molecule has 0 saturated carbocycles. The lowest BCUT2D eigenvalue weighted by atomic mass is 10.0. The Balaban J connectivity index is 2.20. The number of rotatable bonds is 4. The summed E-state index contributed by atoms with van der Waals surface area (Å²) in [6.07, 6.45) is 4.23. The highest BCUT2D eigenvalue weighted by atomic mass is 16.2. The molecule has 106 valence electrons. The fourth-order valence-corrected chi connectivity index (χ4v) is 2.16. The van der Waals surface area contributed by atoms with Crippen molar-refractivity contribution >= 4 is 11.6 Å². The van der Waals surface area contributed by atoms with Crippen LogP contribution in [0, 0.1) is 6.92 Å². The number of carbonyl (C=O) groups is 1. The zero-order chi connectivity index (χ0) is 14.7. The van der Waals surface area contributed by atoms with Crippen LogP contribution >= 0.6 is 0 Å². The first kappa shape index (κ1) is 14.3. The summed E-state index contributed by atoms with van der Waals surface area (Å²) in [6, 6.07) is 5.26. The summed E-state index contributed by atoms with van der Waals surface area (Å²) in [4.78, 5) is 12.3. The fraction of sp³-hybridized carbons (Fsp3) is 0.333. The summed E-state index contributed by atoms with van der Waals surface area (Å²) in [5, 5.41) is 6.97. The van der Waals surface area contributed by atoms with Crippen molar-refractivity contribution in [1.82, 2.24) is 9.78 Å². The summed E-state index contributed by atoms with van der Waals surface area (Å²) in [6.45, 7) is 4.04. The lowest BCUT2D eigenvalue weighted by Crippen LogP contribution is -2.28. The summed E-state index contributed by atoms with van der Waals surface area (Å²) in [7, 11) is 1.80. The van der Waals surface area contributed by atoms with E-state index < -0.39 is 6.04 Å². The average molecular weight is 272 g/mol. The van der Waals surface area contributed by atoms with E-state index in [1.807, 2.05) is 25.1 Å². The van der Waals surface area contributed by atoms with Crippen LogP contribution in [0.25, 0.3) is 0 Å². The van der Waals surface area contributed by atoms with E-state index in [9.17, 15) is 4.79 Å². The molecule has 1 heterocycles. The standard InChI is InChI=1S/C15H20N4O/c1-4-11-7-5-6-10(2)14(11)18-15(20)13(16)12-8-17-19(3)9-12/h5-9,13H,4,16H2,1-3H3,(H,18,20). The van der Waals surface area contributed by atoms with Crippen molar-refractivity contribution in [2.75, 3.05) is 5.32 Å². The van der Waals surface area contributed by atoms with Crippen molar-refractivity contribution in [3.63, 3.8) is 0 Å². The third kappa shape index (κ3) is 2.88. The number of carbonyl (C=O) groups excluding carboxylic acids is 1. The molecule has 0 aliphatic rings. The number of nitrogens with zero attached hydrogens (tertiary/aromatic N) is 2. The number of aromatic nitrogens is 2. The van der Waals surface area contributed by atoms with Crippen LogP contribution in [0.2, 0.25) is 0 Å². The molecule has 0 saturated heterocycles. The van der Waals surface area contributed by atoms with Crippen molar-refractivity contribution in [3.8, 4) is 0 Å². The number of hydrogen-bond acceptors (Lipinski definition) is 3. The molecule has 2 aromatic rings. The van der Waals surface area contributed by atoms with Gasteiger partial charge in [0.15, 0.2) is 0 Å². The van der Waals surface area contributed by atoms with Crippen LogP contribution in [0.3, 0.4) is 0 Å². The van der Waals surface area contributed by atoms with Crippen LogP contribution in [0.15, 0.2) is 30.6 Å². The topological polar surface area (TPSA) is 72.9 Å². The zero-order valence-corrected chi connectivity index (χ0v) is 12.1. The molecule has 1 aromatic carbocycles. The van der Waals surface area contributed by atoms with E-state index in [1.54, 1.807) is 24.1 Å².